The summed E-state index contributed by atoms with van der Waals surface area (Å²) in [4.78, 5) is 7.08. The van der Waals surface area contributed by atoms with Crippen LogP contribution in [0.4, 0.5) is 0 Å². The lowest BCUT2D eigenvalue weighted by molar-refractivity contribution is 1.45. The van der Waals surface area contributed by atoms with Crippen LogP contribution in [0.3, 0.4) is 0 Å². The maximum absolute atomic E-state index is 5.36. The Balaban J connectivity index is 3.74. The van der Waals surface area contributed by atoms with E-state index in [0.717, 1.165) is 0 Å². The van der Waals surface area contributed by atoms with Crippen molar-refractivity contribution in [1.29, 1.82) is 0 Å². The molecule has 8 heavy (non-hydrogen) atoms. The molecule has 0 bridgehead atoms. The van der Waals surface area contributed by atoms with E-state index >= 15 is 0 Å². The Morgan fingerprint density at radius 2 is 2.38 bits per heavy atom. The molecule has 0 aromatic rings. The fourth-order valence-corrected chi connectivity index (χ4v) is 0.233. The first-order valence-corrected chi connectivity index (χ1v) is 2.49. The number of hydrogen-bond donors (Lipinski definition) is 0. The average Bonchev–Trinajstić information content (AvgIpc) is 1.83. The van der Waals surface area contributed by atoms with Gasteiger partial charge in [-0.2, -0.15) is 0 Å². The minimum Gasteiger partial charge on any atom is -0.266 e. The first-order chi connectivity index (χ1) is 3.81. The van der Waals surface area contributed by atoms with Crippen molar-refractivity contribution < 1.29 is 0 Å². The standard InChI is InChI=1S/C5H7ClN2/c1-3-8-4-5(6)7-2/h3-4H,2H2,1H3/b5-4-,8-3?. The number of halogens is 1. The summed E-state index contributed by atoms with van der Waals surface area (Å²) in [5.41, 5.74) is 0. The lowest BCUT2D eigenvalue weighted by Gasteiger charge is -1.78. The van der Waals surface area contributed by atoms with Gasteiger partial charge in [0.1, 0.15) is 5.16 Å². The van der Waals surface area contributed by atoms with Crippen LogP contribution in [0.1, 0.15) is 6.92 Å². The monoisotopic (exact) mass is 130 g/mol. The minimum atomic E-state index is 0.308. The van der Waals surface area contributed by atoms with Gasteiger partial charge in [0, 0.05) is 6.21 Å². The third kappa shape index (κ3) is 3.56. The zero-order valence-corrected chi connectivity index (χ0v) is 5.39. The lowest BCUT2D eigenvalue weighted by Crippen LogP contribution is -1.59. The van der Waals surface area contributed by atoms with Gasteiger partial charge in [0.2, 0.25) is 0 Å². The van der Waals surface area contributed by atoms with Gasteiger partial charge in [-0.15, -0.1) is 0 Å². The van der Waals surface area contributed by atoms with Crippen LogP contribution in [0, 0.1) is 0 Å². The lowest BCUT2D eigenvalue weighted by atomic mass is 10.8. The van der Waals surface area contributed by atoms with Gasteiger partial charge < -0.3 is 0 Å². The largest absolute Gasteiger partial charge is 0.266 e. The van der Waals surface area contributed by atoms with Gasteiger partial charge in [0.15, 0.2) is 0 Å². The SMILES string of the molecule is C=N/C(Cl)=C\N=CC. The molecule has 44 valence electrons. The Morgan fingerprint density at radius 1 is 1.75 bits per heavy atom. The van der Waals surface area contributed by atoms with Crippen LogP contribution in [0.25, 0.3) is 0 Å². The summed E-state index contributed by atoms with van der Waals surface area (Å²) in [7, 11) is 0. The normalized spacial score (nSPS) is 12.5. The fourth-order valence-electron chi connectivity index (χ4n) is 0.177. The Bertz CT molecular complexity index is 126. The molecular formula is C5H7ClN2. The van der Waals surface area contributed by atoms with Crippen molar-refractivity contribution in [2.45, 2.75) is 6.92 Å². The second-order valence-corrected chi connectivity index (χ2v) is 1.40. The van der Waals surface area contributed by atoms with Crippen LogP contribution < -0.4 is 0 Å². The number of aliphatic imine (C=N–C) groups is 2. The van der Waals surface area contributed by atoms with Crippen molar-refractivity contribution in [3.8, 4) is 0 Å². The van der Waals surface area contributed by atoms with Crippen LogP contribution in [-0.4, -0.2) is 12.9 Å². The van der Waals surface area contributed by atoms with Crippen LogP contribution >= 0.6 is 11.6 Å². The fraction of sp³-hybridized carbons (Fsp3) is 0.200. The highest BCUT2D eigenvalue weighted by Crippen LogP contribution is 1.99. The Labute approximate surface area is 53.6 Å². The molecule has 0 aromatic heterocycles. The zero-order chi connectivity index (χ0) is 6.41. The van der Waals surface area contributed by atoms with Gasteiger partial charge in [-0.3, -0.25) is 9.98 Å². The molecule has 0 N–H and O–H groups in total. The highest BCUT2D eigenvalue weighted by atomic mass is 35.5. The minimum absolute atomic E-state index is 0.308. The van der Waals surface area contributed by atoms with E-state index < -0.39 is 0 Å². The van der Waals surface area contributed by atoms with E-state index in [0.29, 0.717) is 5.16 Å². The molecule has 3 heteroatoms. The number of nitrogens with zero attached hydrogens (tertiary/aromatic N) is 2. The van der Waals surface area contributed by atoms with Crippen LogP contribution in [-0.2, 0) is 0 Å². The van der Waals surface area contributed by atoms with E-state index in [2.05, 4.69) is 16.7 Å². The molecule has 0 spiro atoms. The van der Waals surface area contributed by atoms with Crippen molar-refractivity contribution in [1.82, 2.24) is 0 Å². The van der Waals surface area contributed by atoms with Crippen molar-refractivity contribution in [2.75, 3.05) is 0 Å². The van der Waals surface area contributed by atoms with Crippen molar-refractivity contribution in [3.63, 3.8) is 0 Å². The highest BCUT2D eigenvalue weighted by Gasteiger charge is 1.75. The molecular weight excluding hydrogens is 124 g/mol. The van der Waals surface area contributed by atoms with Crippen LogP contribution in [0.5, 0.6) is 0 Å². The molecule has 0 aliphatic carbocycles. The second kappa shape index (κ2) is 4.53. The first kappa shape index (κ1) is 7.37. The first-order valence-electron chi connectivity index (χ1n) is 2.11. The molecule has 0 aliphatic heterocycles. The summed E-state index contributed by atoms with van der Waals surface area (Å²) < 4.78 is 0. The summed E-state index contributed by atoms with van der Waals surface area (Å²) in [6.07, 6.45) is 3.04. The van der Waals surface area contributed by atoms with Gasteiger partial charge in [-0.25, -0.2) is 0 Å². The summed E-state index contributed by atoms with van der Waals surface area (Å²) in [6.45, 7) is 4.98. The third-order valence-electron chi connectivity index (χ3n) is 0.481. The van der Waals surface area contributed by atoms with Crippen molar-refractivity contribution >= 4 is 24.5 Å². The maximum Gasteiger partial charge on any atom is 0.146 e. The molecule has 0 unspecified atom stereocenters. The Morgan fingerprint density at radius 3 is 2.75 bits per heavy atom. The van der Waals surface area contributed by atoms with Crippen molar-refractivity contribution in [2.24, 2.45) is 9.98 Å². The zero-order valence-electron chi connectivity index (χ0n) is 4.63. The van der Waals surface area contributed by atoms with Gasteiger partial charge in [-0.1, -0.05) is 11.6 Å². The van der Waals surface area contributed by atoms with Gasteiger partial charge in [-0.05, 0) is 13.6 Å². The predicted octanol–water partition coefficient (Wildman–Crippen LogP) is 1.82. The van der Waals surface area contributed by atoms with E-state index in [4.69, 9.17) is 11.6 Å². The molecule has 0 aliphatic rings. The summed E-state index contributed by atoms with van der Waals surface area (Å²) in [5.74, 6) is 0. The molecule has 0 saturated carbocycles. The highest BCUT2D eigenvalue weighted by molar-refractivity contribution is 6.29. The molecule has 0 rings (SSSR count). The molecule has 0 saturated heterocycles. The Hall–Kier alpha value is -0.630. The molecule has 0 radical (unpaired) electrons. The van der Waals surface area contributed by atoms with E-state index in [1.807, 2.05) is 0 Å². The molecule has 0 atom stereocenters. The third-order valence-corrected chi connectivity index (χ3v) is 0.698. The summed E-state index contributed by atoms with van der Waals surface area (Å²) in [6, 6.07) is 0. The van der Waals surface area contributed by atoms with Gasteiger partial charge in [0.25, 0.3) is 0 Å². The molecule has 0 amide bonds. The topological polar surface area (TPSA) is 24.7 Å². The van der Waals surface area contributed by atoms with Gasteiger partial charge >= 0.3 is 0 Å². The summed E-state index contributed by atoms with van der Waals surface area (Å²) >= 11 is 5.36. The molecule has 0 fully saturated rings. The van der Waals surface area contributed by atoms with E-state index in [-0.39, 0.29) is 0 Å². The number of hydrogen-bond acceptors (Lipinski definition) is 2. The quantitative estimate of drug-likeness (QED) is 0.403. The smallest absolute Gasteiger partial charge is 0.146 e. The predicted molar refractivity (Wildman–Crippen MR) is 37.7 cm³/mol. The van der Waals surface area contributed by atoms with Crippen LogP contribution in [0.15, 0.2) is 21.3 Å². The maximum atomic E-state index is 5.36. The van der Waals surface area contributed by atoms with Crippen LogP contribution in [0.2, 0.25) is 0 Å². The second-order valence-electron chi connectivity index (χ2n) is 1.02. The number of rotatable bonds is 2. The Kier molecular flexibility index (Phi) is 4.17. The summed E-state index contributed by atoms with van der Waals surface area (Å²) in [5, 5.41) is 0.308. The molecule has 2 nitrogen and oxygen atoms in total. The van der Waals surface area contributed by atoms with Crippen molar-refractivity contribution in [3.05, 3.63) is 11.4 Å². The molecule has 0 heterocycles. The van der Waals surface area contributed by atoms with E-state index in [9.17, 15) is 0 Å². The van der Waals surface area contributed by atoms with E-state index in [1.165, 1.54) is 6.20 Å². The average molecular weight is 131 g/mol. The van der Waals surface area contributed by atoms with Gasteiger partial charge in [0.05, 0.1) is 6.20 Å². The molecule has 0 aromatic carbocycles. The van der Waals surface area contributed by atoms with E-state index in [1.54, 1.807) is 13.1 Å².